The van der Waals surface area contributed by atoms with Crippen LogP contribution in [-0.4, -0.2) is 32.3 Å². The van der Waals surface area contributed by atoms with E-state index in [-0.39, 0.29) is 0 Å². The number of nitrogens with zero attached hydrogens (tertiary/aromatic N) is 1. The summed E-state index contributed by atoms with van der Waals surface area (Å²) in [6.07, 6.45) is 4.01. The fourth-order valence-corrected chi connectivity index (χ4v) is 3.18. The van der Waals surface area contributed by atoms with Gasteiger partial charge in [0, 0.05) is 30.9 Å². The van der Waals surface area contributed by atoms with Crippen LogP contribution in [0.25, 0.3) is 0 Å². The summed E-state index contributed by atoms with van der Waals surface area (Å²) in [5.41, 5.74) is 1.34. The van der Waals surface area contributed by atoms with Crippen molar-refractivity contribution in [1.29, 1.82) is 0 Å². The summed E-state index contributed by atoms with van der Waals surface area (Å²) >= 11 is 0. The number of hydrogen-bond acceptors (Lipinski definition) is 3. The molecule has 1 aromatic rings. The van der Waals surface area contributed by atoms with Crippen molar-refractivity contribution in [3.63, 3.8) is 0 Å². The van der Waals surface area contributed by atoms with E-state index in [1.54, 1.807) is 7.11 Å². The predicted molar refractivity (Wildman–Crippen MR) is 69.8 cm³/mol. The summed E-state index contributed by atoms with van der Waals surface area (Å²) in [6.45, 7) is 2.22. The van der Waals surface area contributed by atoms with Crippen LogP contribution in [0.15, 0.2) is 24.3 Å². The monoisotopic (exact) mass is 232 g/mol. The molecule has 0 spiro atoms. The Morgan fingerprint density at radius 1 is 1.24 bits per heavy atom. The van der Waals surface area contributed by atoms with Crippen molar-refractivity contribution in [2.45, 2.75) is 31.3 Å². The van der Waals surface area contributed by atoms with Crippen LogP contribution in [0, 0.1) is 0 Å². The Balaban J connectivity index is 1.81. The third-order valence-corrected chi connectivity index (χ3v) is 4.04. The molecule has 1 saturated heterocycles. The van der Waals surface area contributed by atoms with Crippen LogP contribution >= 0.6 is 0 Å². The smallest absolute Gasteiger partial charge is 0.119 e. The Morgan fingerprint density at radius 3 is 2.82 bits per heavy atom. The third-order valence-electron chi connectivity index (χ3n) is 4.04. The van der Waals surface area contributed by atoms with Gasteiger partial charge in [0.05, 0.1) is 7.11 Å². The minimum atomic E-state index is 0.692. The molecule has 0 unspecified atom stereocenters. The van der Waals surface area contributed by atoms with Gasteiger partial charge < -0.3 is 15.0 Å². The van der Waals surface area contributed by atoms with Gasteiger partial charge in [0.15, 0.2) is 0 Å². The Kier molecular flexibility index (Phi) is 2.93. The van der Waals surface area contributed by atoms with Crippen molar-refractivity contribution in [3.05, 3.63) is 24.3 Å². The number of methoxy groups -OCH3 is 1. The lowest BCUT2D eigenvalue weighted by atomic mass is 10.1. The molecule has 0 bridgehead atoms. The second-order valence-corrected chi connectivity index (χ2v) is 4.95. The van der Waals surface area contributed by atoms with E-state index in [4.69, 9.17) is 4.74 Å². The molecule has 2 fully saturated rings. The zero-order valence-corrected chi connectivity index (χ0v) is 10.4. The number of ether oxygens (including phenoxy) is 1. The molecule has 1 aliphatic carbocycles. The standard InChI is InChI=1S/C14H20N2O/c1-17-12-7-5-11(6-8-12)16-10-9-15-13-3-2-4-14(13)16/h5-8,13-15H,2-4,9-10H2,1H3/t13-,14+/m0/s1. The number of piperazine rings is 1. The summed E-state index contributed by atoms with van der Waals surface area (Å²) in [5, 5.41) is 3.64. The number of rotatable bonds is 2. The highest BCUT2D eigenvalue weighted by atomic mass is 16.5. The zero-order chi connectivity index (χ0) is 11.7. The Bertz CT molecular complexity index is 376. The van der Waals surface area contributed by atoms with E-state index in [1.165, 1.54) is 24.9 Å². The number of hydrogen-bond donors (Lipinski definition) is 1. The van der Waals surface area contributed by atoms with Crippen LogP contribution in [-0.2, 0) is 0 Å². The maximum absolute atomic E-state index is 5.21. The van der Waals surface area contributed by atoms with Crippen molar-refractivity contribution in [3.8, 4) is 5.75 Å². The topological polar surface area (TPSA) is 24.5 Å². The van der Waals surface area contributed by atoms with Gasteiger partial charge in [-0.2, -0.15) is 0 Å². The molecule has 0 aromatic heterocycles. The van der Waals surface area contributed by atoms with E-state index < -0.39 is 0 Å². The van der Waals surface area contributed by atoms with Gasteiger partial charge in [-0.1, -0.05) is 0 Å². The highest BCUT2D eigenvalue weighted by Gasteiger charge is 2.34. The Hall–Kier alpha value is -1.22. The lowest BCUT2D eigenvalue weighted by Gasteiger charge is -2.40. The van der Waals surface area contributed by atoms with E-state index in [9.17, 15) is 0 Å². The SMILES string of the molecule is COc1ccc(N2CCN[C@H]3CCC[C@H]32)cc1. The van der Waals surface area contributed by atoms with Crippen LogP contribution in [0.1, 0.15) is 19.3 Å². The summed E-state index contributed by atoms with van der Waals surface area (Å²) < 4.78 is 5.21. The molecule has 1 saturated carbocycles. The van der Waals surface area contributed by atoms with Crippen molar-refractivity contribution in [2.24, 2.45) is 0 Å². The number of nitrogens with one attached hydrogen (secondary N) is 1. The van der Waals surface area contributed by atoms with Crippen LogP contribution in [0.5, 0.6) is 5.75 Å². The molecule has 17 heavy (non-hydrogen) atoms. The van der Waals surface area contributed by atoms with Crippen molar-refractivity contribution >= 4 is 5.69 Å². The van der Waals surface area contributed by atoms with Gasteiger partial charge in [-0.3, -0.25) is 0 Å². The maximum Gasteiger partial charge on any atom is 0.119 e. The normalized spacial score (nSPS) is 27.9. The molecule has 1 N–H and O–H groups in total. The molecule has 0 radical (unpaired) electrons. The Morgan fingerprint density at radius 2 is 2.06 bits per heavy atom. The minimum Gasteiger partial charge on any atom is -0.497 e. The van der Waals surface area contributed by atoms with Crippen molar-refractivity contribution < 1.29 is 4.74 Å². The van der Waals surface area contributed by atoms with Gasteiger partial charge in [0.1, 0.15) is 5.75 Å². The van der Waals surface area contributed by atoms with Gasteiger partial charge in [0.2, 0.25) is 0 Å². The molecular weight excluding hydrogens is 212 g/mol. The lowest BCUT2D eigenvalue weighted by molar-refractivity contribution is 0.402. The first kappa shape index (κ1) is 10.9. The average Bonchev–Trinajstić information content (AvgIpc) is 2.87. The van der Waals surface area contributed by atoms with Crippen molar-refractivity contribution in [2.75, 3.05) is 25.1 Å². The van der Waals surface area contributed by atoms with Gasteiger partial charge in [0.25, 0.3) is 0 Å². The zero-order valence-electron chi connectivity index (χ0n) is 10.4. The highest BCUT2D eigenvalue weighted by molar-refractivity contribution is 5.51. The quantitative estimate of drug-likeness (QED) is 0.844. The van der Waals surface area contributed by atoms with Gasteiger partial charge in [-0.15, -0.1) is 0 Å². The highest BCUT2D eigenvalue weighted by Crippen LogP contribution is 2.31. The van der Waals surface area contributed by atoms with Gasteiger partial charge >= 0.3 is 0 Å². The molecular formula is C14H20N2O. The van der Waals surface area contributed by atoms with E-state index in [1.807, 2.05) is 0 Å². The molecule has 0 amide bonds. The number of fused-ring (bicyclic) bond motifs is 1. The molecule has 1 heterocycles. The van der Waals surface area contributed by atoms with Crippen molar-refractivity contribution in [1.82, 2.24) is 5.32 Å². The second kappa shape index (κ2) is 4.57. The van der Waals surface area contributed by atoms with Crippen LogP contribution in [0.2, 0.25) is 0 Å². The summed E-state index contributed by atoms with van der Waals surface area (Å²) in [6, 6.07) is 9.87. The fraction of sp³-hybridized carbons (Fsp3) is 0.571. The van der Waals surface area contributed by atoms with Gasteiger partial charge in [-0.25, -0.2) is 0 Å². The molecule has 1 aromatic carbocycles. The maximum atomic E-state index is 5.21. The molecule has 1 aliphatic heterocycles. The number of benzene rings is 1. The first-order valence-electron chi connectivity index (χ1n) is 6.52. The van der Waals surface area contributed by atoms with E-state index in [2.05, 4.69) is 34.5 Å². The van der Waals surface area contributed by atoms with Crippen LogP contribution in [0.3, 0.4) is 0 Å². The van der Waals surface area contributed by atoms with E-state index in [0.29, 0.717) is 12.1 Å². The fourth-order valence-electron chi connectivity index (χ4n) is 3.18. The van der Waals surface area contributed by atoms with E-state index in [0.717, 1.165) is 18.8 Å². The first-order valence-corrected chi connectivity index (χ1v) is 6.52. The minimum absolute atomic E-state index is 0.692. The summed E-state index contributed by atoms with van der Waals surface area (Å²) in [4.78, 5) is 2.56. The van der Waals surface area contributed by atoms with E-state index >= 15 is 0 Å². The second-order valence-electron chi connectivity index (χ2n) is 4.95. The molecule has 92 valence electrons. The molecule has 3 heteroatoms. The summed E-state index contributed by atoms with van der Waals surface area (Å²) in [7, 11) is 1.72. The summed E-state index contributed by atoms with van der Waals surface area (Å²) in [5.74, 6) is 0.937. The van der Waals surface area contributed by atoms with Gasteiger partial charge in [-0.05, 0) is 43.5 Å². The number of anilines is 1. The molecule has 3 nitrogen and oxygen atoms in total. The molecule has 2 aliphatic rings. The average molecular weight is 232 g/mol. The Labute approximate surface area is 103 Å². The van der Waals surface area contributed by atoms with Crippen LogP contribution < -0.4 is 15.0 Å². The molecule has 3 rings (SSSR count). The molecule has 2 atom stereocenters. The first-order chi connectivity index (χ1) is 8.38. The predicted octanol–water partition coefficient (Wildman–Crippen LogP) is 2.03. The largest absolute Gasteiger partial charge is 0.497 e. The lowest BCUT2D eigenvalue weighted by Crippen LogP contribution is -2.55. The van der Waals surface area contributed by atoms with Crippen LogP contribution in [0.4, 0.5) is 5.69 Å². The third kappa shape index (κ3) is 2.00.